The molecule has 0 aliphatic carbocycles. The van der Waals surface area contributed by atoms with Gasteiger partial charge in [0, 0.05) is 19.7 Å². The van der Waals surface area contributed by atoms with E-state index in [2.05, 4.69) is 4.98 Å². The lowest BCUT2D eigenvalue weighted by molar-refractivity contribution is 0.101. The molecule has 1 heterocycles. The summed E-state index contributed by atoms with van der Waals surface area (Å²) in [6.07, 6.45) is -0.822. The second-order valence-corrected chi connectivity index (χ2v) is 3.48. The Morgan fingerprint density at radius 1 is 1.56 bits per heavy atom. The van der Waals surface area contributed by atoms with E-state index in [1.807, 2.05) is 0 Å². The lowest BCUT2D eigenvalue weighted by atomic mass is 10.3. The molecule has 1 unspecified atom stereocenters. The Morgan fingerprint density at radius 3 is 2.81 bits per heavy atom. The topological polar surface area (TPSA) is 91.8 Å². The van der Waals surface area contributed by atoms with Crippen molar-refractivity contribution in [2.75, 3.05) is 37.9 Å². The van der Waals surface area contributed by atoms with Crippen LogP contribution in [0.4, 0.5) is 11.5 Å². The summed E-state index contributed by atoms with van der Waals surface area (Å²) in [5, 5.41) is 18.1. The molecule has 0 radical (unpaired) electrons. The van der Waals surface area contributed by atoms with Gasteiger partial charge in [-0.2, -0.15) is 4.98 Å². The zero-order valence-corrected chi connectivity index (χ0v) is 9.42. The number of ether oxygens (including phenoxy) is 1. The van der Waals surface area contributed by atoms with Crippen molar-refractivity contribution < 1.29 is 14.9 Å². The summed E-state index contributed by atoms with van der Waals surface area (Å²) in [5.74, 6) is 0.974. The zero-order valence-electron chi connectivity index (χ0n) is 9.42. The maximum Gasteiger partial charge on any atom is 0.215 e. The van der Waals surface area contributed by atoms with E-state index in [1.54, 1.807) is 24.1 Å². The first-order chi connectivity index (χ1) is 7.58. The van der Waals surface area contributed by atoms with Crippen LogP contribution in [0.3, 0.4) is 0 Å². The highest BCUT2D eigenvalue weighted by Crippen LogP contribution is 2.22. The number of nitrogens with zero attached hydrogens (tertiary/aromatic N) is 2. The van der Waals surface area contributed by atoms with Gasteiger partial charge in [0.15, 0.2) is 5.82 Å². The van der Waals surface area contributed by atoms with E-state index in [0.717, 1.165) is 0 Å². The standard InChI is InChI=1S/C10H17N3O3/c1-13(5-7(15)6-14)10-8(11)3-4-9(12-10)16-2/h3-4,7,14-15H,5-6,11H2,1-2H3. The van der Waals surface area contributed by atoms with Crippen molar-refractivity contribution >= 4 is 11.5 Å². The molecule has 0 amide bonds. The summed E-state index contributed by atoms with van der Waals surface area (Å²) in [7, 11) is 3.25. The van der Waals surface area contributed by atoms with Gasteiger partial charge in [-0.15, -0.1) is 0 Å². The fraction of sp³-hybridized carbons (Fsp3) is 0.500. The molecule has 16 heavy (non-hydrogen) atoms. The first kappa shape index (κ1) is 12.5. The Labute approximate surface area is 94.3 Å². The van der Waals surface area contributed by atoms with Crippen LogP contribution in [-0.2, 0) is 0 Å². The Bertz CT molecular complexity index is 346. The van der Waals surface area contributed by atoms with Crippen LogP contribution in [0, 0.1) is 0 Å². The van der Waals surface area contributed by atoms with Gasteiger partial charge in [0.2, 0.25) is 5.88 Å². The van der Waals surface area contributed by atoms with E-state index in [0.29, 0.717) is 17.4 Å². The molecule has 0 aliphatic rings. The molecule has 6 heteroatoms. The molecule has 1 aromatic heterocycles. The Balaban J connectivity index is 2.84. The third kappa shape index (κ3) is 2.98. The van der Waals surface area contributed by atoms with Crippen LogP contribution in [0.5, 0.6) is 5.88 Å². The van der Waals surface area contributed by atoms with E-state index in [4.69, 9.17) is 15.6 Å². The quantitative estimate of drug-likeness (QED) is 0.626. The van der Waals surface area contributed by atoms with Gasteiger partial charge in [0.1, 0.15) is 0 Å². The van der Waals surface area contributed by atoms with Gasteiger partial charge in [-0.05, 0) is 6.07 Å². The first-order valence-corrected chi connectivity index (χ1v) is 4.89. The third-order valence-corrected chi connectivity index (χ3v) is 2.15. The number of aromatic nitrogens is 1. The van der Waals surface area contributed by atoms with Crippen LogP contribution in [0.25, 0.3) is 0 Å². The maximum atomic E-state index is 9.32. The summed E-state index contributed by atoms with van der Waals surface area (Å²) in [4.78, 5) is 5.83. The summed E-state index contributed by atoms with van der Waals surface area (Å²) < 4.78 is 4.99. The van der Waals surface area contributed by atoms with Crippen molar-refractivity contribution in [1.82, 2.24) is 4.98 Å². The number of pyridine rings is 1. The average molecular weight is 227 g/mol. The molecule has 0 spiro atoms. The molecule has 0 fully saturated rings. The van der Waals surface area contributed by atoms with Crippen LogP contribution in [0.1, 0.15) is 0 Å². The van der Waals surface area contributed by atoms with Gasteiger partial charge >= 0.3 is 0 Å². The minimum Gasteiger partial charge on any atom is -0.481 e. The van der Waals surface area contributed by atoms with Crippen LogP contribution in [-0.4, -0.2) is 48.6 Å². The highest BCUT2D eigenvalue weighted by molar-refractivity contribution is 5.63. The Hall–Kier alpha value is -1.53. The van der Waals surface area contributed by atoms with Gasteiger partial charge < -0.3 is 25.6 Å². The number of methoxy groups -OCH3 is 1. The molecule has 1 rings (SSSR count). The highest BCUT2D eigenvalue weighted by atomic mass is 16.5. The number of aliphatic hydroxyl groups excluding tert-OH is 2. The molecule has 6 nitrogen and oxygen atoms in total. The minimum atomic E-state index is -0.822. The van der Waals surface area contributed by atoms with Crippen molar-refractivity contribution in [3.05, 3.63) is 12.1 Å². The number of likely N-dealkylation sites (N-methyl/N-ethyl adjacent to an activating group) is 1. The summed E-state index contributed by atoms with van der Waals surface area (Å²) >= 11 is 0. The molecule has 0 saturated heterocycles. The van der Waals surface area contributed by atoms with Crippen molar-refractivity contribution in [2.45, 2.75) is 6.10 Å². The van der Waals surface area contributed by atoms with E-state index in [9.17, 15) is 5.11 Å². The van der Waals surface area contributed by atoms with Gasteiger partial charge in [-0.25, -0.2) is 0 Å². The molecule has 0 aromatic carbocycles. The molecular weight excluding hydrogens is 210 g/mol. The van der Waals surface area contributed by atoms with Crippen molar-refractivity contribution in [1.29, 1.82) is 0 Å². The van der Waals surface area contributed by atoms with Crippen LogP contribution in [0.15, 0.2) is 12.1 Å². The largest absolute Gasteiger partial charge is 0.481 e. The smallest absolute Gasteiger partial charge is 0.215 e. The summed E-state index contributed by atoms with van der Waals surface area (Å²) in [6.45, 7) is -0.0465. The Morgan fingerprint density at radius 2 is 2.25 bits per heavy atom. The van der Waals surface area contributed by atoms with E-state index in [-0.39, 0.29) is 13.2 Å². The number of aliphatic hydroxyl groups is 2. The van der Waals surface area contributed by atoms with E-state index in [1.165, 1.54) is 7.11 Å². The number of anilines is 2. The highest BCUT2D eigenvalue weighted by Gasteiger charge is 2.12. The monoisotopic (exact) mass is 227 g/mol. The average Bonchev–Trinajstić information content (AvgIpc) is 2.29. The summed E-state index contributed by atoms with van der Waals surface area (Å²) in [5.41, 5.74) is 6.25. The lowest BCUT2D eigenvalue weighted by Gasteiger charge is -2.22. The predicted molar refractivity (Wildman–Crippen MR) is 61.6 cm³/mol. The fourth-order valence-electron chi connectivity index (χ4n) is 1.32. The second-order valence-electron chi connectivity index (χ2n) is 3.48. The number of nitrogen functional groups attached to an aromatic ring is 1. The molecule has 0 aliphatic heterocycles. The molecule has 90 valence electrons. The maximum absolute atomic E-state index is 9.32. The fourth-order valence-corrected chi connectivity index (χ4v) is 1.32. The van der Waals surface area contributed by atoms with Crippen LogP contribution >= 0.6 is 0 Å². The molecule has 0 bridgehead atoms. The SMILES string of the molecule is COc1ccc(N)c(N(C)CC(O)CO)n1. The number of nitrogens with two attached hydrogens (primary N) is 1. The molecular formula is C10H17N3O3. The number of hydrogen-bond acceptors (Lipinski definition) is 6. The molecule has 1 atom stereocenters. The zero-order chi connectivity index (χ0) is 12.1. The minimum absolute atomic E-state index is 0.251. The van der Waals surface area contributed by atoms with Gasteiger partial charge in [-0.1, -0.05) is 0 Å². The number of rotatable bonds is 5. The van der Waals surface area contributed by atoms with E-state index < -0.39 is 6.10 Å². The first-order valence-electron chi connectivity index (χ1n) is 4.89. The van der Waals surface area contributed by atoms with Gasteiger partial charge in [0.25, 0.3) is 0 Å². The molecule has 1 aromatic rings. The molecule has 4 N–H and O–H groups in total. The van der Waals surface area contributed by atoms with Crippen LogP contribution < -0.4 is 15.4 Å². The normalized spacial score (nSPS) is 12.2. The van der Waals surface area contributed by atoms with Crippen molar-refractivity contribution in [2.24, 2.45) is 0 Å². The predicted octanol–water partition coefficient (Wildman–Crippen LogP) is -0.538. The second kappa shape index (κ2) is 5.53. The number of hydrogen-bond donors (Lipinski definition) is 3. The Kier molecular flexibility index (Phi) is 4.33. The van der Waals surface area contributed by atoms with E-state index >= 15 is 0 Å². The van der Waals surface area contributed by atoms with Crippen LogP contribution in [0.2, 0.25) is 0 Å². The van der Waals surface area contributed by atoms with Gasteiger partial charge in [0.05, 0.1) is 25.5 Å². The lowest BCUT2D eigenvalue weighted by Crippen LogP contribution is -2.32. The third-order valence-electron chi connectivity index (χ3n) is 2.15. The van der Waals surface area contributed by atoms with Crippen molar-refractivity contribution in [3.8, 4) is 5.88 Å². The molecule has 0 saturated carbocycles. The van der Waals surface area contributed by atoms with Crippen molar-refractivity contribution in [3.63, 3.8) is 0 Å². The summed E-state index contributed by atoms with van der Waals surface area (Å²) in [6, 6.07) is 3.35. The van der Waals surface area contributed by atoms with Gasteiger partial charge in [-0.3, -0.25) is 0 Å².